The van der Waals surface area contributed by atoms with Crippen LogP contribution in [-0.2, 0) is 4.79 Å². The molecule has 2 N–H and O–H groups in total. The van der Waals surface area contributed by atoms with Gasteiger partial charge in [0, 0.05) is 30.1 Å². The zero-order valence-electron chi connectivity index (χ0n) is 17.6. The van der Waals surface area contributed by atoms with Crippen LogP contribution in [0.4, 0.5) is 5.69 Å². The number of carbonyl (C=O) groups excluding carboxylic acids is 2. The monoisotopic (exact) mass is 479 g/mol. The third-order valence-electron chi connectivity index (χ3n) is 5.51. The van der Waals surface area contributed by atoms with E-state index >= 15 is 0 Å². The minimum absolute atomic E-state index is 0.0590. The highest BCUT2D eigenvalue weighted by atomic mass is 35.5. The molecule has 4 rings (SSSR count). The highest BCUT2D eigenvalue weighted by Gasteiger charge is 2.32. The Labute approximate surface area is 201 Å². The fraction of sp³-hybridized carbons (Fsp3) is 0.160. The van der Waals surface area contributed by atoms with E-state index in [4.69, 9.17) is 33.7 Å². The molecule has 33 heavy (non-hydrogen) atoms. The lowest BCUT2D eigenvalue weighted by atomic mass is 9.98. The number of amides is 2. The van der Waals surface area contributed by atoms with Crippen LogP contribution in [0.15, 0.2) is 54.6 Å². The number of nitriles is 1. The molecule has 1 heterocycles. The van der Waals surface area contributed by atoms with Crippen LogP contribution in [0.25, 0.3) is 0 Å². The van der Waals surface area contributed by atoms with Crippen LogP contribution < -0.4 is 15.4 Å². The van der Waals surface area contributed by atoms with Crippen LogP contribution in [0.5, 0.6) is 11.5 Å². The van der Waals surface area contributed by atoms with Gasteiger partial charge in [-0.25, -0.2) is 0 Å². The summed E-state index contributed by atoms with van der Waals surface area (Å²) >= 11 is 12.6. The van der Waals surface area contributed by atoms with Gasteiger partial charge >= 0.3 is 0 Å². The van der Waals surface area contributed by atoms with E-state index in [9.17, 15) is 14.9 Å². The molecule has 0 bridgehead atoms. The Morgan fingerprint density at radius 2 is 1.94 bits per heavy atom. The lowest BCUT2D eigenvalue weighted by Gasteiger charge is -2.19. The molecule has 0 radical (unpaired) electrons. The molecule has 3 aromatic carbocycles. The summed E-state index contributed by atoms with van der Waals surface area (Å²) in [6.07, 6.45) is 0.288. The minimum atomic E-state index is -0.543. The Morgan fingerprint density at radius 3 is 2.67 bits per heavy atom. The molecule has 8 heteroatoms. The van der Waals surface area contributed by atoms with Gasteiger partial charge < -0.3 is 15.4 Å². The Hall–Kier alpha value is -3.53. The largest absolute Gasteiger partial charge is 0.453 e. The molecule has 0 aromatic heterocycles. The molecule has 0 saturated carbocycles. The summed E-state index contributed by atoms with van der Waals surface area (Å²) in [6.45, 7) is 2.28. The van der Waals surface area contributed by atoms with Crippen molar-refractivity contribution in [2.45, 2.75) is 19.3 Å². The van der Waals surface area contributed by atoms with E-state index < -0.39 is 5.91 Å². The molecule has 1 atom stereocenters. The van der Waals surface area contributed by atoms with E-state index in [1.54, 1.807) is 47.4 Å². The van der Waals surface area contributed by atoms with Crippen molar-refractivity contribution in [3.8, 4) is 17.6 Å². The standard InChI is InChI=1S/C25H19Cl2N3O3/c1-14-7-17(25(29)32)9-19(8-14)30-13-18(11-23(30)31)15-5-6-20(26)22(10-15)33-24-16(12-28)3-2-4-21(24)27/h2-10,18H,11,13H2,1H3,(H2,29,32)/t18-/m0/s1. The first-order chi connectivity index (χ1) is 15.8. The van der Waals surface area contributed by atoms with Gasteiger partial charge in [0.1, 0.15) is 11.8 Å². The zero-order valence-corrected chi connectivity index (χ0v) is 19.2. The average Bonchev–Trinajstić information content (AvgIpc) is 3.17. The third-order valence-corrected chi connectivity index (χ3v) is 6.12. The van der Waals surface area contributed by atoms with Crippen molar-refractivity contribution in [1.82, 2.24) is 0 Å². The number of hydrogen-bond donors (Lipinski definition) is 1. The predicted molar refractivity (Wildman–Crippen MR) is 127 cm³/mol. The number of para-hydroxylation sites is 1. The first-order valence-corrected chi connectivity index (χ1v) is 10.9. The summed E-state index contributed by atoms with van der Waals surface area (Å²) < 4.78 is 5.92. The molecule has 0 unspecified atom stereocenters. The second-order valence-electron chi connectivity index (χ2n) is 7.85. The number of halogens is 2. The van der Waals surface area contributed by atoms with E-state index in [0.717, 1.165) is 11.1 Å². The number of aryl methyl sites for hydroxylation is 1. The lowest BCUT2D eigenvalue weighted by Crippen LogP contribution is -2.25. The number of carbonyl (C=O) groups is 2. The van der Waals surface area contributed by atoms with Crippen LogP contribution >= 0.6 is 23.2 Å². The van der Waals surface area contributed by atoms with Gasteiger partial charge in [0.2, 0.25) is 11.8 Å². The van der Waals surface area contributed by atoms with Crippen molar-refractivity contribution in [3.05, 3.63) is 86.9 Å². The molecule has 0 aliphatic carbocycles. The fourth-order valence-corrected chi connectivity index (χ4v) is 4.27. The third kappa shape index (κ3) is 4.65. The van der Waals surface area contributed by atoms with E-state index in [-0.39, 0.29) is 29.6 Å². The summed E-state index contributed by atoms with van der Waals surface area (Å²) in [5.41, 5.74) is 8.41. The number of nitrogens with zero attached hydrogens (tertiary/aromatic N) is 2. The van der Waals surface area contributed by atoms with Gasteiger partial charge in [0.25, 0.3) is 0 Å². The van der Waals surface area contributed by atoms with Gasteiger partial charge in [-0.1, -0.05) is 35.3 Å². The summed E-state index contributed by atoms with van der Waals surface area (Å²) in [5, 5.41) is 10.0. The van der Waals surface area contributed by atoms with Crippen LogP contribution in [0.3, 0.4) is 0 Å². The molecular formula is C25H19Cl2N3O3. The summed E-state index contributed by atoms with van der Waals surface area (Å²) in [4.78, 5) is 26.1. The number of primary amides is 1. The molecule has 0 spiro atoms. The second kappa shape index (κ2) is 9.14. The Kier molecular flexibility index (Phi) is 6.28. The number of hydrogen-bond acceptors (Lipinski definition) is 4. The Bertz CT molecular complexity index is 1320. The van der Waals surface area contributed by atoms with Gasteiger partial charge in [0.05, 0.1) is 15.6 Å². The van der Waals surface area contributed by atoms with E-state index in [1.807, 2.05) is 19.1 Å². The maximum Gasteiger partial charge on any atom is 0.248 e. The van der Waals surface area contributed by atoms with Gasteiger partial charge in [-0.05, 0) is 60.5 Å². The summed E-state index contributed by atoms with van der Waals surface area (Å²) in [5.74, 6) is -0.147. The highest BCUT2D eigenvalue weighted by molar-refractivity contribution is 6.33. The smallest absolute Gasteiger partial charge is 0.248 e. The topological polar surface area (TPSA) is 96.4 Å². The molecule has 1 aliphatic heterocycles. The fourth-order valence-electron chi connectivity index (χ4n) is 3.90. The van der Waals surface area contributed by atoms with Gasteiger partial charge in [-0.15, -0.1) is 0 Å². The van der Waals surface area contributed by atoms with Gasteiger partial charge in [-0.2, -0.15) is 5.26 Å². The minimum Gasteiger partial charge on any atom is -0.453 e. The van der Waals surface area contributed by atoms with Crippen molar-refractivity contribution in [2.24, 2.45) is 5.73 Å². The Balaban J connectivity index is 1.62. The van der Waals surface area contributed by atoms with Crippen LogP contribution in [0.2, 0.25) is 10.0 Å². The second-order valence-corrected chi connectivity index (χ2v) is 8.66. The molecule has 166 valence electrons. The predicted octanol–water partition coefficient (Wildman–Crippen LogP) is 5.59. The average molecular weight is 480 g/mol. The molecular weight excluding hydrogens is 461 g/mol. The first-order valence-electron chi connectivity index (χ1n) is 10.1. The van der Waals surface area contributed by atoms with Crippen LogP contribution in [0, 0.1) is 18.3 Å². The number of ether oxygens (including phenoxy) is 1. The first kappa shape index (κ1) is 22.7. The van der Waals surface area contributed by atoms with E-state index in [0.29, 0.717) is 33.6 Å². The van der Waals surface area contributed by atoms with Crippen LogP contribution in [-0.4, -0.2) is 18.4 Å². The highest BCUT2D eigenvalue weighted by Crippen LogP contribution is 2.39. The maximum absolute atomic E-state index is 12.8. The van der Waals surface area contributed by atoms with Gasteiger partial charge in [-0.3, -0.25) is 9.59 Å². The van der Waals surface area contributed by atoms with Crippen molar-refractivity contribution in [2.75, 3.05) is 11.4 Å². The number of nitrogens with two attached hydrogens (primary N) is 1. The lowest BCUT2D eigenvalue weighted by molar-refractivity contribution is -0.117. The zero-order chi connectivity index (χ0) is 23.7. The SMILES string of the molecule is Cc1cc(C(N)=O)cc(N2C[C@@H](c3ccc(Cl)c(Oc4c(Cl)cccc4C#N)c3)CC2=O)c1. The molecule has 3 aromatic rings. The summed E-state index contributed by atoms with van der Waals surface area (Å²) in [7, 11) is 0. The molecule has 1 aliphatic rings. The molecule has 6 nitrogen and oxygen atoms in total. The quantitative estimate of drug-likeness (QED) is 0.515. The van der Waals surface area contributed by atoms with E-state index in [2.05, 4.69) is 6.07 Å². The number of benzene rings is 3. The molecule has 1 fully saturated rings. The molecule has 1 saturated heterocycles. The summed E-state index contributed by atoms with van der Waals surface area (Å²) in [6, 6.07) is 17.4. The van der Waals surface area contributed by atoms with Crippen molar-refractivity contribution in [3.63, 3.8) is 0 Å². The van der Waals surface area contributed by atoms with Crippen molar-refractivity contribution < 1.29 is 14.3 Å². The normalized spacial score (nSPS) is 15.4. The van der Waals surface area contributed by atoms with Crippen molar-refractivity contribution >= 4 is 40.7 Å². The van der Waals surface area contributed by atoms with E-state index in [1.165, 1.54) is 0 Å². The number of rotatable bonds is 5. The van der Waals surface area contributed by atoms with Crippen LogP contribution in [0.1, 0.15) is 39.4 Å². The maximum atomic E-state index is 12.8. The van der Waals surface area contributed by atoms with Crippen molar-refractivity contribution in [1.29, 1.82) is 5.26 Å². The Morgan fingerprint density at radius 1 is 1.15 bits per heavy atom. The number of anilines is 1. The van der Waals surface area contributed by atoms with Gasteiger partial charge in [0.15, 0.2) is 5.75 Å². The molecule has 2 amide bonds.